The highest BCUT2D eigenvalue weighted by Crippen LogP contribution is 2.37. The van der Waals surface area contributed by atoms with Gasteiger partial charge in [-0.15, -0.1) is 0 Å². The van der Waals surface area contributed by atoms with Crippen molar-refractivity contribution in [1.29, 1.82) is 0 Å². The van der Waals surface area contributed by atoms with Crippen molar-refractivity contribution in [3.63, 3.8) is 0 Å². The molecule has 2 aliphatic rings. The second kappa shape index (κ2) is 10.2. The Hall–Kier alpha value is -3.55. The molecule has 0 saturated heterocycles. The highest BCUT2D eigenvalue weighted by molar-refractivity contribution is 6.03. The average molecular weight is 466 g/mol. The summed E-state index contributed by atoms with van der Waals surface area (Å²) in [5.41, 5.74) is 2.59. The lowest BCUT2D eigenvalue weighted by Gasteiger charge is -2.30. The van der Waals surface area contributed by atoms with Gasteiger partial charge in [-0.3, -0.25) is 9.59 Å². The van der Waals surface area contributed by atoms with Gasteiger partial charge < -0.3 is 19.1 Å². The number of amides is 2. The van der Waals surface area contributed by atoms with E-state index in [4.69, 9.17) is 19.3 Å². The summed E-state index contributed by atoms with van der Waals surface area (Å²) in [7, 11) is 6.48. The number of nitrogens with zero attached hydrogens (tertiary/aromatic N) is 3. The molecule has 4 rings (SSSR count). The standard InChI is InChI=1S/C26H31N3O5/c1-28(26(31)18-6-5-7-18)16-25(30)29-22(19-10-13-23(33-3)24(14-19)34-4)15-21(27-29)17-8-11-20(32-2)12-9-17/h8-14,18,22H,5-7,15-16H2,1-4H3. The van der Waals surface area contributed by atoms with E-state index >= 15 is 0 Å². The first-order chi connectivity index (χ1) is 16.4. The first kappa shape index (κ1) is 23.6. The zero-order chi connectivity index (χ0) is 24.2. The van der Waals surface area contributed by atoms with Crippen LogP contribution in [-0.4, -0.2) is 62.4 Å². The van der Waals surface area contributed by atoms with E-state index in [1.54, 1.807) is 28.4 Å². The summed E-state index contributed by atoms with van der Waals surface area (Å²) in [5, 5.41) is 6.22. The van der Waals surface area contributed by atoms with Gasteiger partial charge in [0.2, 0.25) is 5.91 Å². The fourth-order valence-electron chi connectivity index (χ4n) is 4.34. The highest BCUT2D eigenvalue weighted by Gasteiger charge is 2.35. The molecule has 1 heterocycles. The van der Waals surface area contributed by atoms with Crippen LogP contribution in [-0.2, 0) is 9.59 Å². The van der Waals surface area contributed by atoms with Gasteiger partial charge in [0.25, 0.3) is 5.91 Å². The van der Waals surface area contributed by atoms with Gasteiger partial charge in [-0.25, -0.2) is 5.01 Å². The molecule has 1 atom stereocenters. The molecule has 2 amide bonds. The monoisotopic (exact) mass is 465 g/mol. The minimum atomic E-state index is -0.323. The largest absolute Gasteiger partial charge is 0.497 e. The Labute approximate surface area is 200 Å². The Morgan fingerprint density at radius 3 is 2.29 bits per heavy atom. The van der Waals surface area contributed by atoms with E-state index < -0.39 is 0 Å². The molecule has 8 nitrogen and oxygen atoms in total. The van der Waals surface area contributed by atoms with Crippen molar-refractivity contribution in [2.24, 2.45) is 11.0 Å². The number of hydrogen-bond donors (Lipinski definition) is 0. The molecular weight excluding hydrogens is 434 g/mol. The van der Waals surface area contributed by atoms with Crippen LogP contribution < -0.4 is 14.2 Å². The minimum absolute atomic E-state index is 0.0154. The maximum atomic E-state index is 13.4. The molecule has 34 heavy (non-hydrogen) atoms. The summed E-state index contributed by atoms with van der Waals surface area (Å²) in [5.74, 6) is 1.80. The van der Waals surface area contributed by atoms with Crippen LogP contribution in [0.3, 0.4) is 0 Å². The molecule has 2 aromatic rings. The lowest BCUT2D eigenvalue weighted by atomic mass is 9.84. The second-order valence-corrected chi connectivity index (χ2v) is 8.67. The fourth-order valence-corrected chi connectivity index (χ4v) is 4.34. The predicted octanol–water partition coefficient (Wildman–Crippen LogP) is 3.65. The molecule has 1 aliphatic heterocycles. The summed E-state index contributed by atoms with van der Waals surface area (Å²) < 4.78 is 16.1. The van der Waals surface area contributed by atoms with Crippen LogP contribution in [0, 0.1) is 5.92 Å². The van der Waals surface area contributed by atoms with Crippen LogP contribution in [0.4, 0.5) is 0 Å². The van der Waals surface area contributed by atoms with Crippen LogP contribution in [0.25, 0.3) is 0 Å². The highest BCUT2D eigenvalue weighted by atomic mass is 16.5. The normalized spacial score (nSPS) is 17.6. The predicted molar refractivity (Wildman–Crippen MR) is 128 cm³/mol. The van der Waals surface area contributed by atoms with E-state index in [1.807, 2.05) is 42.5 Å². The first-order valence-electron chi connectivity index (χ1n) is 11.5. The van der Waals surface area contributed by atoms with Crippen molar-refractivity contribution in [2.75, 3.05) is 34.9 Å². The lowest BCUT2D eigenvalue weighted by molar-refractivity contribution is -0.144. The number of carbonyl (C=O) groups excluding carboxylic acids is 2. The third-order valence-corrected chi connectivity index (χ3v) is 6.58. The molecule has 0 N–H and O–H groups in total. The molecule has 2 aromatic carbocycles. The minimum Gasteiger partial charge on any atom is -0.497 e. The average Bonchev–Trinajstić information content (AvgIpc) is 3.28. The summed E-state index contributed by atoms with van der Waals surface area (Å²) in [6.07, 6.45) is 3.40. The summed E-state index contributed by atoms with van der Waals surface area (Å²) in [6, 6.07) is 12.9. The fraction of sp³-hybridized carbons (Fsp3) is 0.423. The molecule has 1 saturated carbocycles. The van der Waals surface area contributed by atoms with Crippen LogP contribution in [0.2, 0.25) is 0 Å². The molecular formula is C26H31N3O5. The van der Waals surface area contributed by atoms with Gasteiger partial charge >= 0.3 is 0 Å². The van der Waals surface area contributed by atoms with E-state index in [0.29, 0.717) is 17.9 Å². The van der Waals surface area contributed by atoms with Crippen LogP contribution in [0.5, 0.6) is 17.2 Å². The Bertz CT molecular complexity index is 1080. The van der Waals surface area contributed by atoms with Crippen LogP contribution in [0.15, 0.2) is 47.6 Å². The van der Waals surface area contributed by atoms with E-state index in [-0.39, 0.29) is 30.3 Å². The Kier molecular flexibility index (Phi) is 7.05. The number of benzene rings is 2. The zero-order valence-electron chi connectivity index (χ0n) is 20.1. The van der Waals surface area contributed by atoms with Crippen molar-refractivity contribution in [3.8, 4) is 17.2 Å². The molecule has 1 unspecified atom stereocenters. The molecule has 0 bridgehead atoms. The molecule has 180 valence electrons. The quantitative estimate of drug-likeness (QED) is 0.595. The van der Waals surface area contributed by atoms with E-state index in [0.717, 1.165) is 41.9 Å². The van der Waals surface area contributed by atoms with E-state index in [1.165, 1.54) is 9.91 Å². The first-order valence-corrected chi connectivity index (χ1v) is 11.5. The van der Waals surface area contributed by atoms with Crippen molar-refractivity contribution < 1.29 is 23.8 Å². The third-order valence-electron chi connectivity index (χ3n) is 6.58. The van der Waals surface area contributed by atoms with Gasteiger partial charge in [0, 0.05) is 19.4 Å². The Morgan fingerprint density at radius 2 is 1.71 bits per heavy atom. The second-order valence-electron chi connectivity index (χ2n) is 8.67. The van der Waals surface area contributed by atoms with Crippen molar-refractivity contribution in [3.05, 3.63) is 53.6 Å². The van der Waals surface area contributed by atoms with Crippen LogP contribution >= 0.6 is 0 Å². The van der Waals surface area contributed by atoms with Crippen molar-refractivity contribution in [1.82, 2.24) is 9.91 Å². The molecule has 1 fully saturated rings. The Balaban J connectivity index is 1.62. The molecule has 8 heteroatoms. The van der Waals surface area contributed by atoms with Gasteiger partial charge in [0.1, 0.15) is 12.3 Å². The van der Waals surface area contributed by atoms with E-state index in [9.17, 15) is 9.59 Å². The number of hydrazone groups is 1. The van der Waals surface area contributed by atoms with Crippen molar-refractivity contribution >= 4 is 17.5 Å². The number of carbonyl (C=O) groups is 2. The zero-order valence-corrected chi connectivity index (χ0v) is 20.1. The summed E-state index contributed by atoms with van der Waals surface area (Å²) >= 11 is 0. The maximum absolute atomic E-state index is 13.4. The van der Waals surface area contributed by atoms with Gasteiger partial charge in [-0.2, -0.15) is 5.10 Å². The lowest BCUT2D eigenvalue weighted by Crippen LogP contribution is -2.42. The van der Waals surface area contributed by atoms with E-state index in [2.05, 4.69) is 0 Å². The number of likely N-dealkylation sites (N-methyl/N-ethyl adjacent to an activating group) is 1. The van der Waals surface area contributed by atoms with Crippen LogP contribution in [0.1, 0.15) is 42.9 Å². The molecule has 0 spiro atoms. The molecule has 1 aliphatic carbocycles. The van der Waals surface area contributed by atoms with Gasteiger partial charge in [-0.05, 0) is 60.4 Å². The van der Waals surface area contributed by atoms with Gasteiger partial charge in [-0.1, -0.05) is 12.5 Å². The number of methoxy groups -OCH3 is 3. The summed E-state index contributed by atoms with van der Waals surface area (Å²) in [4.78, 5) is 27.5. The van der Waals surface area contributed by atoms with Gasteiger partial charge in [0.05, 0.1) is 33.1 Å². The number of rotatable bonds is 8. The maximum Gasteiger partial charge on any atom is 0.262 e. The SMILES string of the molecule is COc1ccc(C2=NN(C(=O)CN(C)C(=O)C3CCC3)C(c3ccc(OC)c(OC)c3)C2)cc1. The topological polar surface area (TPSA) is 80.7 Å². The Morgan fingerprint density at radius 1 is 1.00 bits per heavy atom. The smallest absolute Gasteiger partial charge is 0.262 e. The van der Waals surface area contributed by atoms with Gasteiger partial charge in [0.15, 0.2) is 11.5 Å². The number of ether oxygens (including phenoxy) is 3. The van der Waals surface area contributed by atoms with Crippen molar-refractivity contribution in [2.45, 2.75) is 31.7 Å². The molecule has 0 radical (unpaired) electrons. The molecule has 0 aromatic heterocycles. The number of hydrogen-bond acceptors (Lipinski definition) is 6. The third kappa shape index (κ3) is 4.71. The summed E-state index contributed by atoms with van der Waals surface area (Å²) in [6.45, 7) is -0.0154.